The lowest BCUT2D eigenvalue weighted by Gasteiger charge is -2.08. The highest BCUT2D eigenvalue weighted by molar-refractivity contribution is 7.90. The van der Waals surface area contributed by atoms with Gasteiger partial charge in [0.25, 0.3) is 0 Å². The number of nitrogens with zero attached hydrogens (tertiary/aromatic N) is 2. The predicted molar refractivity (Wildman–Crippen MR) is 71.5 cm³/mol. The van der Waals surface area contributed by atoms with Gasteiger partial charge in [0.05, 0.1) is 29.6 Å². The lowest BCUT2D eigenvalue weighted by Crippen LogP contribution is -2.08. The lowest BCUT2D eigenvalue weighted by atomic mass is 10.3. The number of anilines is 1. The molecule has 0 bridgehead atoms. The first-order valence-corrected chi connectivity index (χ1v) is 7.21. The Morgan fingerprint density at radius 2 is 2.16 bits per heavy atom. The number of hydrogen-bond donors (Lipinski definition) is 1. The third-order valence-corrected chi connectivity index (χ3v) is 4.41. The minimum Gasteiger partial charge on any atom is -0.497 e. The lowest BCUT2D eigenvalue weighted by molar-refractivity contribution is 0.413. The Hall–Kier alpha value is -2.02. The molecule has 1 aromatic heterocycles. The van der Waals surface area contributed by atoms with Gasteiger partial charge in [0.1, 0.15) is 5.75 Å². The maximum Gasteiger partial charge on any atom is 0.184 e. The van der Waals surface area contributed by atoms with Gasteiger partial charge in [-0.3, -0.25) is 4.68 Å². The zero-order valence-corrected chi connectivity index (χ0v) is 11.5. The van der Waals surface area contributed by atoms with Crippen LogP contribution in [0.4, 0.5) is 5.69 Å². The molecule has 2 N–H and O–H groups in total. The highest BCUT2D eigenvalue weighted by Crippen LogP contribution is 2.26. The molecule has 0 aliphatic carbocycles. The van der Waals surface area contributed by atoms with Crippen molar-refractivity contribution in [2.45, 2.75) is 10.6 Å². The first-order valence-electron chi connectivity index (χ1n) is 5.56. The van der Waals surface area contributed by atoms with E-state index in [-0.39, 0.29) is 16.3 Å². The number of ether oxygens (including phenoxy) is 1. The van der Waals surface area contributed by atoms with E-state index in [1.54, 1.807) is 24.0 Å². The van der Waals surface area contributed by atoms with Gasteiger partial charge in [-0.1, -0.05) is 0 Å². The molecule has 0 spiro atoms. The van der Waals surface area contributed by atoms with Crippen LogP contribution in [0.1, 0.15) is 5.56 Å². The van der Waals surface area contributed by atoms with E-state index in [1.165, 1.54) is 25.4 Å². The summed E-state index contributed by atoms with van der Waals surface area (Å²) in [7, 11) is -0.314. The predicted octanol–water partition coefficient (Wildman–Crippen LogP) is 0.985. The van der Waals surface area contributed by atoms with E-state index in [0.717, 1.165) is 0 Å². The molecule has 0 aliphatic rings. The van der Waals surface area contributed by atoms with Crippen molar-refractivity contribution in [2.24, 2.45) is 7.05 Å². The van der Waals surface area contributed by atoms with Gasteiger partial charge in [0.15, 0.2) is 9.84 Å². The first kappa shape index (κ1) is 13.4. The largest absolute Gasteiger partial charge is 0.497 e. The van der Waals surface area contributed by atoms with E-state index in [2.05, 4.69) is 5.10 Å². The van der Waals surface area contributed by atoms with Crippen LogP contribution in [-0.4, -0.2) is 25.3 Å². The molecule has 102 valence electrons. The van der Waals surface area contributed by atoms with Crippen molar-refractivity contribution in [3.63, 3.8) is 0 Å². The van der Waals surface area contributed by atoms with E-state index in [4.69, 9.17) is 10.5 Å². The summed E-state index contributed by atoms with van der Waals surface area (Å²) in [6.07, 6.45) is 3.18. The van der Waals surface area contributed by atoms with Gasteiger partial charge in [-0.2, -0.15) is 5.10 Å². The van der Waals surface area contributed by atoms with Crippen LogP contribution in [0.2, 0.25) is 0 Å². The van der Waals surface area contributed by atoms with E-state index in [0.29, 0.717) is 11.3 Å². The minimum atomic E-state index is -3.52. The molecule has 0 saturated carbocycles. The molecule has 2 aromatic rings. The fourth-order valence-electron chi connectivity index (χ4n) is 1.75. The SMILES string of the molecule is COc1ccc(N)c(S(=O)(=O)Cc2cnn(C)c2)c1. The zero-order chi connectivity index (χ0) is 14.0. The van der Waals surface area contributed by atoms with Crippen molar-refractivity contribution in [1.29, 1.82) is 0 Å². The van der Waals surface area contributed by atoms with Crippen LogP contribution in [0.3, 0.4) is 0 Å². The summed E-state index contributed by atoms with van der Waals surface area (Å²) in [5.41, 5.74) is 6.56. The molecule has 0 unspecified atom stereocenters. The number of aromatic nitrogens is 2. The maximum absolute atomic E-state index is 12.3. The Labute approximate surface area is 111 Å². The van der Waals surface area contributed by atoms with Crippen LogP contribution in [0.5, 0.6) is 5.75 Å². The molecule has 0 radical (unpaired) electrons. The van der Waals surface area contributed by atoms with Crippen molar-refractivity contribution in [1.82, 2.24) is 9.78 Å². The summed E-state index contributed by atoms with van der Waals surface area (Å²) >= 11 is 0. The Balaban J connectivity index is 2.39. The Morgan fingerprint density at radius 3 is 2.74 bits per heavy atom. The van der Waals surface area contributed by atoms with Gasteiger partial charge in [-0.15, -0.1) is 0 Å². The molecule has 2 rings (SSSR count). The molecule has 0 fully saturated rings. The van der Waals surface area contributed by atoms with Gasteiger partial charge in [-0.05, 0) is 12.1 Å². The molecule has 0 amide bonds. The van der Waals surface area contributed by atoms with Crippen LogP contribution >= 0.6 is 0 Å². The Morgan fingerprint density at radius 1 is 1.42 bits per heavy atom. The van der Waals surface area contributed by atoms with Gasteiger partial charge in [-0.25, -0.2) is 8.42 Å². The normalized spacial score (nSPS) is 11.5. The summed E-state index contributed by atoms with van der Waals surface area (Å²) in [6.45, 7) is 0. The van der Waals surface area contributed by atoms with Crippen LogP contribution in [-0.2, 0) is 22.6 Å². The molecule has 1 heterocycles. The highest BCUT2D eigenvalue weighted by atomic mass is 32.2. The topological polar surface area (TPSA) is 87.2 Å². The van der Waals surface area contributed by atoms with Crippen molar-refractivity contribution < 1.29 is 13.2 Å². The number of nitrogens with two attached hydrogens (primary N) is 1. The smallest absolute Gasteiger partial charge is 0.184 e. The van der Waals surface area contributed by atoms with Crippen molar-refractivity contribution in [2.75, 3.05) is 12.8 Å². The average Bonchev–Trinajstić information content (AvgIpc) is 2.74. The van der Waals surface area contributed by atoms with Crippen LogP contribution in [0.15, 0.2) is 35.5 Å². The molecule has 0 atom stereocenters. The van der Waals surface area contributed by atoms with E-state index >= 15 is 0 Å². The zero-order valence-electron chi connectivity index (χ0n) is 10.7. The van der Waals surface area contributed by atoms with Crippen molar-refractivity contribution in [3.8, 4) is 5.75 Å². The monoisotopic (exact) mass is 281 g/mol. The summed E-state index contributed by atoms with van der Waals surface area (Å²) in [6, 6.07) is 4.58. The summed E-state index contributed by atoms with van der Waals surface area (Å²) in [5.74, 6) is 0.317. The number of aryl methyl sites for hydroxylation is 1. The van der Waals surface area contributed by atoms with Gasteiger partial charge >= 0.3 is 0 Å². The molecule has 6 nitrogen and oxygen atoms in total. The maximum atomic E-state index is 12.3. The fourth-order valence-corrected chi connectivity index (χ4v) is 3.22. The van der Waals surface area contributed by atoms with Crippen molar-refractivity contribution >= 4 is 15.5 Å². The van der Waals surface area contributed by atoms with E-state index in [9.17, 15) is 8.42 Å². The molecule has 19 heavy (non-hydrogen) atoms. The molecular weight excluding hydrogens is 266 g/mol. The third-order valence-electron chi connectivity index (χ3n) is 2.67. The molecule has 0 aliphatic heterocycles. The van der Waals surface area contributed by atoms with Gasteiger partial charge < -0.3 is 10.5 Å². The second kappa shape index (κ2) is 4.93. The number of nitrogen functional groups attached to an aromatic ring is 1. The standard InChI is InChI=1S/C12H15N3O3S/c1-15-7-9(6-14-15)8-19(16,17)12-5-10(18-2)3-4-11(12)13/h3-7H,8,13H2,1-2H3. The molecular formula is C12H15N3O3S. The van der Waals surface area contributed by atoms with Crippen molar-refractivity contribution in [3.05, 3.63) is 36.2 Å². The summed E-state index contributed by atoms with van der Waals surface area (Å²) in [4.78, 5) is 0.0794. The minimum absolute atomic E-state index is 0.0794. The number of benzene rings is 1. The molecule has 1 aromatic carbocycles. The second-order valence-electron chi connectivity index (χ2n) is 4.19. The van der Waals surface area contributed by atoms with Crippen LogP contribution in [0.25, 0.3) is 0 Å². The number of methoxy groups -OCH3 is 1. The number of sulfone groups is 1. The van der Waals surface area contributed by atoms with E-state index < -0.39 is 9.84 Å². The third kappa shape index (κ3) is 2.87. The van der Waals surface area contributed by atoms with E-state index in [1.807, 2.05) is 0 Å². The molecule has 7 heteroatoms. The Kier molecular flexibility index (Phi) is 3.48. The summed E-state index contributed by atoms with van der Waals surface area (Å²) in [5, 5.41) is 3.95. The number of hydrogen-bond acceptors (Lipinski definition) is 5. The van der Waals surface area contributed by atoms with Gasteiger partial charge in [0.2, 0.25) is 0 Å². The van der Waals surface area contributed by atoms with Gasteiger partial charge in [0, 0.05) is 24.9 Å². The number of rotatable bonds is 4. The van der Waals surface area contributed by atoms with Crippen LogP contribution in [0, 0.1) is 0 Å². The first-order chi connectivity index (χ1) is 8.92. The average molecular weight is 281 g/mol. The highest BCUT2D eigenvalue weighted by Gasteiger charge is 2.20. The summed E-state index contributed by atoms with van der Waals surface area (Å²) < 4.78 is 31.2. The quantitative estimate of drug-likeness (QED) is 0.844. The Bertz CT molecular complexity index is 692. The second-order valence-corrected chi connectivity index (χ2v) is 6.14. The fraction of sp³-hybridized carbons (Fsp3) is 0.250. The van der Waals surface area contributed by atoms with Crippen LogP contribution < -0.4 is 10.5 Å². The molecule has 0 saturated heterocycles.